The van der Waals surface area contributed by atoms with Gasteiger partial charge >= 0.3 is 0 Å². The lowest BCUT2D eigenvalue weighted by atomic mass is 10.00. The number of rotatable bonds is 3. The molecule has 1 atom stereocenters. The Bertz CT molecular complexity index is 1280. The van der Waals surface area contributed by atoms with Crippen molar-refractivity contribution in [1.82, 2.24) is 0 Å². The third-order valence-electron chi connectivity index (χ3n) is 5.37. The van der Waals surface area contributed by atoms with E-state index in [9.17, 15) is 4.79 Å². The van der Waals surface area contributed by atoms with Gasteiger partial charge in [-0.05, 0) is 34.5 Å². The van der Waals surface area contributed by atoms with E-state index >= 15 is 0 Å². The van der Waals surface area contributed by atoms with Crippen LogP contribution in [0.3, 0.4) is 0 Å². The molecule has 1 aliphatic rings. The number of hydrogen-bond donors (Lipinski definition) is 1. The maximum Gasteiger partial charge on any atom is 0.249 e. The smallest absolute Gasteiger partial charge is 0.249 e. The minimum atomic E-state index is -0.535. The summed E-state index contributed by atoms with van der Waals surface area (Å²) in [5, 5.41) is 6.00. The van der Waals surface area contributed by atoms with Crippen LogP contribution in [0.1, 0.15) is 16.7 Å². The Hall–Kier alpha value is -3.43. The lowest BCUT2D eigenvalue weighted by Crippen LogP contribution is -2.27. The molecular weight excluding hydrogens is 392 g/mol. The molecule has 0 aliphatic carbocycles. The summed E-state index contributed by atoms with van der Waals surface area (Å²) in [4.78, 5) is 18.0. The summed E-state index contributed by atoms with van der Waals surface area (Å²) in [5.74, 6) is -0.113. The van der Waals surface area contributed by atoms with Gasteiger partial charge in [0.1, 0.15) is 6.04 Å². The van der Waals surface area contributed by atoms with E-state index in [1.807, 2.05) is 54.6 Å². The zero-order valence-corrected chi connectivity index (χ0v) is 16.9. The largest absolute Gasteiger partial charge is 0.324 e. The molecule has 0 saturated carbocycles. The van der Waals surface area contributed by atoms with Crippen molar-refractivity contribution in [1.29, 1.82) is 0 Å². The van der Waals surface area contributed by atoms with Gasteiger partial charge in [-0.15, -0.1) is 0 Å². The molecule has 0 bridgehead atoms. The molecule has 0 fully saturated rings. The highest BCUT2D eigenvalue weighted by molar-refractivity contribution is 6.32. The Balaban J connectivity index is 1.59. The molecule has 1 N–H and O–H groups in total. The first kappa shape index (κ1) is 18.6. The number of benzene rings is 4. The van der Waals surface area contributed by atoms with Gasteiger partial charge in [-0.3, -0.25) is 9.79 Å². The minimum absolute atomic E-state index is 0.113. The topological polar surface area (TPSA) is 41.5 Å². The molecule has 1 amide bonds. The van der Waals surface area contributed by atoms with Gasteiger partial charge in [-0.2, -0.15) is 0 Å². The fourth-order valence-electron chi connectivity index (χ4n) is 3.87. The van der Waals surface area contributed by atoms with Gasteiger partial charge in [0.15, 0.2) is 0 Å². The Morgan fingerprint density at radius 1 is 0.833 bits per heavy atom. The zero-order chi connectivity index (χ0) is 20.5. The monoisotopic (exact) mass is 410 g/mol. The number of benzodiazepines with no additional fused rings is 1. The van der Waals surface area contributed by atoms with E-state index in [1.165, 1.54) is 5.39 Å². The van der Waals surface area contributed by atoms with E-state index in [1.54, 1.807) is 6.07 Å². The number of carbonyl (C=O) groups is 1. The number of amides is 1. The van der Waals surface area contributed by atoms with E-state index in [-0.39, 0.29) is 5.91 Å². The van der Waals surface area contributed by atoms with Gasteiger partial charge < -0.3 is 5.32 Å². The molecule has 0 saturated heterocycles. The van der Waals surface area contributed by atoms with Crippen LogP contribution in [-0.4, -0.2) is 17.7 Å². The third kappa shape index (κ3) is 3.60. The zero-order valence-electron chi connectivity index (χ0n) is 16.2. The quantitative estimate of drug-likeness (QED) is 0.449. The van der Waals surface area contributed by atoms with E-state index in [2.05, 4.69) is 35.6 Å². The summed E-state index contributed by atoms with van der Waals surface area (Å²) in [6, 6.07) is 29.4. The Kier molecular flexibility index (Phi) is 4.82. The number of aliphatic imine (C=N–C) groups is 1. The minimum Gasteiger partial charge on any atom is -0.324 e. The second-order valence-electron chi connectivity index (χ2n) is 7.42. The molecular formula is C26H19ClN2O. The average molecular weight is 411 g/mol. The van der Waals surface area contributed by atoms with Crippen molar-refractivity contribution >= 4 is 39.7 Å². The maximum absolute atomic E-state index is 13.1. The molecule has 4 aromatic carbocycles. The molecule has 1 heterocycles. The first-order valence-electron chi connectivity index (χ1n) is 9.89. The van der Waals surface area contributed by atoms with E-state index < -0.39 is 6.04 Å². The average Bonchev–Trinajstić information content (AvgIpc) is 2.91. The van der Waals surface area contributed by atoms with Gasteiger partial charge in [0.25, 0.3) is 0 Å². The standard InChI is InChI=1S/C26H19ClN2O/c27-21-12-13-23-22(16-21)25(19-7-2-1-3-8-19)28-24(26(30)29-23)15-17-10-11-18-6-4-5-9-20(18)14-17/h1-14,16,24H,15H2,(H,29,30)/t24-/m0/s1. The van der Waals surface area contributed by atoms with Gasteiger partial charge in [-0.25, -0.2) is 0 Å². The van der Waals surface area contributed by atoms with Crippen molar-refractivity contribution in [2.45, 2.75) is 12.5 Å². The highest BCUT2D eigenvalue weighted by Crippen LogP contribution is 2.28. The van der Waals surface area contributed by atoms with Crippen molar-refractivity contribution in [3.8, 4) is 0 Å². The lowest BCUT2D eigenvalue weighted by molar-refractivity contribution is -0.117. The van der Waals surface area contributed by atoms with E-state index in [0.717, 1.165) is 33.5 Å². The molecule has 1 aliphatic heterocycles. The second-order valence-corrected chi connectivity index (χ2v) is 7.86. The van der Waals surface area contributed by atoms with Crippen molar-refractivity contribution < 1.29 is 4.79 Å². The van der Waals surface area contributed by atoms with Gasteiger partial charge in [0.2, 0.25) is 5.91 Å². The summed E-state index contributed by atoms with van der Waals surface area (Å²) < 4.78 is 0. The fraction of sp³-hybridized carbons (Fsp3) is 0.0769. The predicted octanol–water partition coefficient (Wildman–Crippen LogP) is 5.89. The van der Waals surface area contributed by atoms with Crippen LogP contribution in [-0.2, 0) is 11.2 Å². The number of nitrogens with zero attached hydrogens (tertiary/aromatic N) is 1. The maximum atomic E-state index is 13.1. The van der Waals surface area contributed by atoms with Crippen molar-refractivity contribution in [2.75, 3.05) is 5.32 Å². The van der Waals surface area contributed by atoms with Crippen LogP contribution >= 0.6 is 11.6 Å². The molecule has 146 valence electrons. The van der Waals surface area contributed by atoms with Crippen LogP contribution in [0.5, 0.6) is 0 Å². The predicted molar refractivity (Wildman–Crippen MR) is 124 cm³/mol. The molecule has 0 radical (unpaired) electrons. The fourth-order valence-corrected chi connectivity index (χ4v) is 4.05. The van der Waals surface area contributed by atoms with Crippen LogP contribution in [0.15, 0.2) is 96.0 Å². The summed E-state index contributed by atoms with van der Waals surface area (Å²) >= 11 is 6.27. The van der Waals surface area contributed by atoms with E-state index in [0.29, 0.717) is 11.4 Å². The molecule has 5 rings (SSSR count). The SMILES string of the molecule is O=C1Nc2ccc(Cl)cc2C(c2ccccc2)=N[C@H]1Cc1ccc2ccccc2c1. The normalized spacial score (nSPS) is 15.8. The van der Waals surface area contributed by atoms with Crippen molar-refractivity contribution in [2.24, 2.45) is 4.99 Å². The molecule has 4 aromatic rings. The van der Waals surface area contributed by atoms with Crippen LogP contribution in [0.4, 0.5) is 5.69 Å². The summed E-state index contributed by atoms with van der Waals surface area (Å²) in [7, 11) is 0. The molecule has 30 heavy (non-hydrogen) atoms. The molecule has 0 spiro atoms. The Morgan fingerprint density at radius 3 is 2.43 bits per heavy atom. The number of fused-ring (bicyclic) bond motifs is 2. The lowest BCUT2D eigenvalue weighted by Gasteiger charge is -2.12. The summed E-state index contributed by atoms with van der Waals surface area (Å²) in [6.45, 7) is 0. The van der Waals surface area contributed by atoms with Crippen molar-refractivity contribution in [3.63, 3.8) is 0 Å². The summed E-state index contributed by atoms with van der Waals surface area (Å²) in [5.41, 5.74) is 4.38. The highest BCUT2D eigenvalue weighted by atomic mass is 35.5. The summed E-state index contributed by atoms with van der Waals surface area (Å²) in [6.07, 6.45) is 0.523. The number of carbonyl (C=O) groups excluding carboxylic acids is 1. The van der Waals surface area contributed by atoms with E-state index in [4.69, 9.17) is 16.6 Å². The molecule has 3 nitrogen and oxygen atoms in total. The van der Waals surface area contributed by atoms with Crippen LogP contribution in [0.2, 0.25) is 5.02 Å². The number of hydrogen-bond acceptors (Lipinski definition) is 2. The molecule has 0 aromatic heterocycles. The van der Waals surface area contributed by atoms with Crippen LogP contribution in [0, 0.1) is 0 Å². The molecule has 0 unspecified atom stereocenters. The van der Waals surface area contributed by atoms with Gasteiger partial charge in [0, 0.05) is 22.6 Å². The third-order valence-corrected chi connectivity index (χ3v) is 5.61. The number of halogens is 1. The van der Waals surface area contributed by atoms with Crippen LogP contribution < -0.4 is 5.32 Å². The highest BCUT2D eigenvalue weighted by Gasteiger charge is 2.26. The van der Waals surface area contributed by atoms with Crippen molar-refractivity contribution in [3.05, 3.63) is 113 Å². The number of nitrogens with one attached hydrogen (secondary N) is 1. The first-order valence-corrected chi connectivity index (χ1v) is 10.3. The van der Waals surface area contributed by atoms with Gasteiger partial charge in [-0.1, -0.05) is 84.4 Å². The molecule has 4 heteroatoms. The first-order chi connectivity index (χ1) is 14.7. The van der Waals surface area contributed by atoms with Gasteiger partial charge in [0.05, 0.1) is 11.4 Å². The second kappa shape index (κ2) is 7.77. The Morgan fingerprint density at radius 2 is 1.60 bits per heavy atom. The number of anilines is 1. The Labute approximate surface area is 180 Å². The van der Waals surface area contributed by atoms with Crippen LogP contribution in [0.25, 0.3) is 10.8 Å².